The highest BCUT2D eigenvalue weighted by atomic mass is 16.5. The molecule has 0 aliphatic carbocycles. The highest BCUT2D eigenvalue weighted by Gasteiger charge is 2.10. The molecule has 0 saturated heterocycles. The zero-order valence-electron chi connectivity index (χ0n) is 10.9. The monoisotopic (exact) mass is 267 g/mol. The maximum atomic E-state index is 9.98. The van der Waals surface area contributed by atoms with E-state index in [9.17, 15) is 5.11 Å². The van der Waals surface area contributed by atoms with Crippen LogP contribution in [0.5, 0.6) is 11.6 Å². The lowest BCUT2D eigenvalue weighted by molar-refractivity contribution is 0.415. The topological polar surface area (TPSA) is 60.2 Å². The molecule has 0 bridgehead atoms. The van der Waals surface area contributed by atoms with E-state index in [1.807, 2.05) is 36.4 Å². The maximum absolute atomic E-state index is 9.98. The van der Waals surface area contributed by atoms with Gasteiger partial charge in [0.15, 0.2) is 5.82 Å². The van der Waals surface area contributed by atoms with Gasteiger partial charge in [-0.3, -0.25) is 0 Å². The smallest absolute Gasteiger partial charge is 0.216 e. The molecule has 0 aliphatic rings. The number of rotatable bonds is 3. The molecule has 0 spiro atoms. The Morgan fingerprint density at radius 3 is 2.55 bits per heavy atom. The molecule has 5 nitrogen and oxygen atoms in total. The van der Waals surface area contributed by atoms with Gasteiger partial charge in [-0.15, -0.1) is 0 Å². The standard InChI is InChI=1S/C15H13N3O2/c1-20-12-7-5-11(6-8-12)13-10-15(19)18(17-13)14-4-2-3-9-16-14/h2-10,19H,1H3. The van der Waals surface area contributed by atoms with E-state index >= 15 is 0 Å². The molecule has 0 amide bonds. The molecule has 3 aromatic rings. The summed E-state index contributed by atoms with van der Waals surface area (Å²) in [5.74, 6) is 1.40. The van der Waals surface area contributed by atoms with Crippen molar-refractivity contribution in [3.8, 4) is 28.7 Å². The van der Waals surface area contributed by atoms with Crippen LogP contribution in [-0.2, 0) is 0 Å². The average molecular weight is 267 g/mol. The molecule has 0 unspecified atom stereocenters. The largest absolute Gasteiger partial charge is 0.497 e. The summed E-state index contributed by atoms with van der Waals surface area (Å²) in [4.78, 5) is 4.16. The lowest BCUT2D eigenvalue weighted by Gasteiger charge is -2.01. The average Bonchev–Trinajstić information content (AvgIpc) is 2.90. The van der Waals surface area contributed by atoms with Gasteiger partial charge in [0.25, 0.3) is 0 Å². The molecule has 1 aromatic carbocycles. The molecular formula is C15H13N3O2. The molecule has 2 heterocycles. The van der Waals surface area contributed by atoms with E-state index in [-0.39, 0.29) is 5.88 Å². The van der Waals surface area contributed by atoms with Gasteiger partial charge in [-0.05, 0) is 36.4 Å². The van der Waals surface area contributed by atoms with Gasteiger partial charge in [0.1, 0.15) is 5.75 Å². The van der Waals surface area contributed by atoms with Crippen LogP contribution in [-0.4, -0.2) is 27.0 Å². The summed E-state index contributed by atoms with van der Waals surface area (Å²) >= 11 is 0. The third-order valence-electron chi connectivity index (χ3n) is 2.94. The zero-order valence-corrected chi connectivity index (χ0v) is 10.9. The second-order valence-electron chi connectivity index (χ2n) is 4.22. The van der Waals surface area contributed by atoms with Crippen molar-refractivity contribution >= 4 is 0 Å². The Morgan fingerprint density at radius 2 is 1.90 bits per heavy atom. The van der Waals surface area contributed by atoms with E-state index in [1.165, 1.54) is 4.68 Å². The number of methoxy groups -OCH3 is 1. The first-order valence-electron chi connectivity index (χ1n) is 6.13. The van der Waals surface area contributed by atoms with Gasteiger partial charge < -0.3 is 9.84 Å². The number of benzene rings is 1. The Balaban J connectivity index is 2.00. The number of hydrogen-bond donors (Lipinski definition) is 1. The lowest BCUT2D eigenvalue weighted by atomic mass is 10.1. The minimum Gasteiger partial charge on any atom is -0.497 e. The van der Waals surface area contributed by atoms with Gasteiger partial charge in [-0.25, -0.2) is 4.98 Å². The summed E-state index contributed by atoms with van der Waals surface area (Å²) in [6.45, 7) is 0. The van der Waals surface area contributed by atoms with E-state index in [4.69, 9.17) is 4.74 Å². The van der Waals surface area contributed by atoms with Crippen molar-refractivity contribution in [1.82, 2.24) is 14.8 Å². The predicted octanol–water partition coefficient (Wildman–Crippen LogP) is 2.65. The molecular weight excluding hydrogens is 254 g/mol. The van der Waals surface area contributed by atoms with Crippen molar-refractivity contribution in [2.24, 2.45) is 0 Å². The van der Waals surface area contributed by atoms with Crippen LogP contribution in [0, 0.1) is 0 Å². The fourth-order valence-electron chi connectivity index (χ4n) is 1.92. The highest BCUT2D eigenvalue weighted by molar-refractivity contribution is 5.61. The summed E-state index contributed by atoms with van der Waals surface area (Å²) in [6.07, 6.45) is 1.66. The molecule has 0 aliphatic heterocycles. The van der Waals surface area contributed by atoms with Crippen molar-refractivity contribution < 1.29 is 9.84 Å². The Kier molecular flexibility index (Phi) is 3.09. The van der Waals surface area contributed by atoms with E-state index < -0.39 is 0 Å². The van der Waals surface area contributed by atoms with Crippen molar-refractivity contribution in [2.75, 3.05) is 7.11 Å². The Bertz CT molecular complexity index is 706. The van der Waals surface area contributed by atoms with Crippen LogP contribution < -0.4 is 4.74 Å². The zero-order chi connectivity index (χ0) is 13.9. The van der Waals surface area contributed by atoms with Crippen molar-refractivity contribution in [3.05, 3.63) is 54.7 Å². The second kappa shape index (κ2) is 5.05. The molecule has 5 heteroatoms. The maximum Gasteiger partial charge on any atom is 0.216 e. The van der Waals surface area contributed by atoms with Gasteiger partial charge in [-0.2, -0.15) is 9.78 Å². The number of aromatic hydroxyl groups is 1. The normalized spacial score (nSPS) is 10.4. The second-order valence-corrected chi connectivity index (χ2v) is 4.22. The summed E-state index contributed by atoms with van der Waals surface area (Å²) in [7, 11) is 1.62. The van der Waals surface area contributed by atoms with Gasteiger partial charge >= 0.3 is 0 Å². The first-order chi connectivity index (χ1) is 9.78. The number of ether oxygens (including phenoxy) is 1. The Labute approximate surface area is 116 Å². The van der Waals surface area contributed by atoms with Crippen LogP contribution in [0.2, 0.25) is 0 Å². The molecule has 1 N–H and O–H groups in total. The van der Waals surface area contributed by atoms with Crippen LogP contribution in [0.4, 0.5) is 0 Å². The fourth-order valence-corrected chi connectivity index (χ4v) is 1.92. The van der Waals surface area contributed by atoms with Crippen LogP contribution in [0.15, 0.2) is 54.7 Å². The molecule has 3 rings (SSSR count). The predicted molar refractivity (Wildman–Crippen MR) is 75.0 cm³/mol. The molecule has 20 heavy (non-hydrogen) atoms. The first kappa shape index (κ1) is 12.2. The van der Waals surface area contributed by atoms with Gasteiger partial charge in [0.2, 0.25) is 5.88 Å². The number of aromatic nitrogens is 3. The van der Waals surface area contributed by atoms with Crippen LogP contribution in [0.25, 0.3) is 17.1 Å². The summed E-state index contributed by atoms with van der Waals surface area (Å²) in [5, 5.41) is 14.4. The van der Waals surface area contributed by atoms with Crippen molar-refractivity contribution in [3.63, 3.8) is 0 Å². The third kappa shape index (κ3) is 2.21. The van der Waals surface area contributed by atoms with Crippen molar-refractivity contribution in [2.45, 2.75) is 0 Å². The molecule has 2 aromatic heterocycles. The fraction of sp³-hybridized carbons (Fsp3) is 0.0667. The minimum absolute atomic E-state index is 0.0505. The van der Waals surface area contributed by atoms with Crippen molar-refractivity contribution in [1.29, 1.82) is 0 Å². The van der Waals surface area contributed by atoms with E-state index in [0.717, 1.165) is 11.3 Å². The molecule has 0 fully saturated rings. The SMILES string of the molecule is COc1ccc(-c2cc(O)n(-c3ccccn3)n2)cc1. The Morgan fingerprint density at radius 1 is 1.10 bits per heavy atom. The lowest BCUT2D eigenvalue weighted by Crippen LogP contribution is -1.98. The number of pyridine rings is 1. The Hall–Kier alpha value is -2.82. The van der Waals surface area contributed by atoms with E-state index in [0.29, 0.717) is 11.5 Å². The number of hydrogen-bond acceptors (Lipinski definition) is 4. The summed E-state index contributed by atoms with van der Waals surface area (Å²) in [6, 6.07) is 14.5. The van der Waals surface area contributed by atoms with Crippen LogP contribution in [0.3, 0.4) is 0 Å². The van der Waals surface area contributed by atoms with Gasteiger partial charge in [0.05, 0.1) is 12.8 Å². The van der Waals surface area contributed by atoms with E-state index in [1.54, 1.807) is 25.4 Å². The minimum atomic E-state index is 0.0505. The summed E-state index contributed by atoms with van der Waals surface area (Å²) in [5.41, 5.74) is 1.58. The highest BCUT2D eigenvalue weighted by Crippen LogP contribution is 2.26. The quantitative estimate of drug-likeness (QED) is 0.792. The molecule has 0 saturated carbocycles. The van der Waals surface area contributed by atoms with E-state index in [2.05, 4.69) is 10.1 Å². The van der Waals surface area contributed by atoms with Crippen LogP contribution >= 0.6 is 0 Å². The summed E-state index contributed by atoms with van der Waals surface area (Å²) < 4.78 is 6.52. The van der Waals surface area contributed by atoms with Gasteiger partial charge in [0, 0.05) is 17.8 Å². The molecule has 100 valence electrons. The number of nitrogens with zero attached hydrogens (tertiary/aromatic N) is 3. The molecule has 0 atom stereocenters. The van der Waals surface area contributed by atoms with Crippen LogP contribution in [0.1, 0.15) is 0 Å². The van der Waals surface area contributed by atoms with Gasteiger partial charge in [-0.1, -0.05) is 6.07 Å². The third-order valence-corrected chi connectivity index (χ3v) is 2.94. The molecule has 0 radical (unpaired) electrons. The first-order valence-corrected chi connectivity index (χ1v) is 6.13.